The van der Waals surface area contributed by atoms with Crippen molar-refractivity contribution in [3.63, 3.8) is 0 Å². The molecule has 1 aromatic heterocycles. The number of rotatable bonds is 10. The van der Waals surface area contributed by atoms with E-state index in [2.05, 4.69) is 15.6 Å². The first-order valence-corrected chi connectivity index (χ1v) is 14.4. The number of nitrogens with zero attached hydrogens (tertiary/aromatic N) is 3. The van der Waals surface area contributed by atoms with Crippen LogP contribution in [0.15, 0.2) is 53.7 Å². The molecule has 3 atom stereocenters. The molecule has 1 aliphatic heterocycles. The highest BCUT2D eigenvalue weighted by molar-refractivity contribution is 8.45. The lowest BCUT2D eigenvalue weighted by Gasteiger charge is -2.41. The molecule has 2 heterocycles. The molecule has 2 N–H and O–H groups in total. The maximum Gasteiger partial charge on any atom is 0.310 e. The summed E-state index contributed by atoms with van der Waals surface area (Å²) in [5.74, 6) is -1.84. The number of carbonyl (C=O) groups is 3. The topological polar surface area (TPSA) is 104 Å². The van der Waals surface area contributed by atoms with Crippen LogP contribution in [-0.2, 0) is 19.1 Å². The summed E-state index contributed by atoms with van der Waals surface area (Å²) in [4.78, 5) is 44.1. The number of carbonyl (C=O) groups excluding carboxylic acids is 3. The maximum atomic E-state index is 13.9. The van der Waals surface area contributed by atoms with Crippen molar-refractivity contribution in [3.8, 4) is 0 Å². The van der Waals surface area contributed by atoms with Crippen molar-refractivity contribution in [2.45, 2.75) is 48.4 Å². The number of halogens is 5. The SMILES string of the molecule is CO[C@H]1CN[C@@H](C(=O)N(c2ccc(S(F)(F)(F)(F)F)cc2)C(C(=O)N(C)CC(=O)NC2CC2)c2cccnc2)C1. The van der Waals surface area contributed by atoms with Crippen molar-refractivity contribution in [2.75, 3.05) is 32.1 Å². The Morgan fingerprint density at radius 2 is 1.80 bits per heavy atom. The lowest BCUT2D eigenvalue weighted by atomic mass is 10.0. The van der Waals surface area contributed by atoms with Gasteiger partial charge in [0.2, 0.25) is 11.8 Å². The lowest BCUT2D eigenvalue weighted by molar-refractivity contribution is -0.137. The van der Waals surface area contributed by atoms with E-state index in [1.807, 2.05) is 0 Å². The van der Waals surface area contributed by atoms with Gasteiger partial charge in [-0.05, 0) is 49.6 Å². The number of ether oxygens (including phenoxy) is 1. The normalized spacial score (nSPS) is 21.6. The van der Waals surface area contributed by atoms with Gasteiger partial charge < -0.3 is 20.3 Å². The molecule has 220 valence electrons. The Morgan fingerprint density at radius 1 is 1.12 bits per heavy atom. The minimum Gasteiger partial charge on any atom is -0.380 e. The van der Waals surface area contributed by atoms with Gasteiger partial charge in [-0.25, -0.2) is 0 Å². The molecule has 1 unspecified atom stereocenters. The first-order chi connectivity index (χ1) is 18.6. The number of benzene rings is 1. The van der Waals surface area contributed by atoms with Gasteiger partial charge in [0, 0.05) is 50.4 Å². The van der Waals surface area contributed by atoms with Gasteiger partial charge in [0.15, 0.2) is 0 Å². The van der Waals surface area contributed by atoms with Crippen LogP contribution in [-0.4, -0.2) is 73.0 Å². The predicted molar refractivity (Wildman–Crippen MR) is 138 cm³/mol. The number of hydrogen-bond donors (Lipinski definition) is 2. The highest BCUT2D eigenvalue weighted by Gasteiger charge is 2.65. The molecular formula is C25H30F5N5O4S. The van der Waals surface area contributed by atoms with Crippen molar-refractivity contribution in [2.24, 2.45) is 0 Å². The molecular weight excluding hydrogens is 561 g/mol. The summed E-state index contributed by atoms with van der Waals surface area (Å²) < 4.78 is 72.4. The molecule has 3 amide bonds. The summed E-state index contributed by atoms with van der Waals surface area (Å²) in [6.07, 6.45) is 4.25. The van der Waals surface area contributed by atoms with Gasteiger partial charge >= 0.3 is 10.2 Å². The number of hydrogen-bond acceptors (Lipinski definition) is 6. The maximum absolute atomic E-state index is 13.9. The number of likely N-dealkylation sites (N-methyl/N-ethyl adjacent to an activating group) is 1. The number of methoxy groups -OCH3 is 1. The van der Waals surface area contributed by atoms with Crippen LogP contribution in [0.1, 0.15) is 30.9 Å². The Balaban J connectivity index is 1.76. The Hall–Kier alpha value is -3.30. The summed E-state index contributed by atoms with van der Waals surface area (Å²) >= 11 is 0. The van der Waals surface area contributed by atoms with Crippen molar-refractivity contribution < 1.29 is 38.5 Å². The zero-order valence-corrected chi connectivity index (χ0v) is 22.6. The fourth-order valence-corrected chi connectivity index (χ4v) is 5.10. The lowest BCUT2D eigenvalue weighted by Crippen LogP contribution is -2.51. The number of pyridine rings is 1. The second-order valence-electron chi connectivity index (χ2n) is 9.95. The van der Waals surface area contributed by atoms with E-state index in [9.17, 15) is 33.8 Å². The predicted octanol–water partition coefficient (Wildman–Crippen LogP) is 3.93. The van der Waals surface area contributed by atoms with E-state index in [0.29, 0.717) is 6.54 Å². The molecule has 1 saturated heterocycles. The minimum atomic E-state index is -10.00. The van der Waals surface area contributed by atoms with Crippen molar-refractivity contribution in [1.29, 1.82) is 0 Å². The molecule has 2 aromatic rings. The third kappa shape index (κ3) is 7.06. The van der Waals surface area contributed by atoms with E-state index in [1.54, 1.807) is 0 Å². The van der Waals surface area contributed by atoms with Crippen LogP contribution in [0.5, 0.6) is 0 Å². The third-order valence-electron chi connectivity index (χ3n) is 6.71. The average molecular weight is 592 g/mol. The summed E-state index contributed by atoms with van der Waals surface area (Å²) in [7, 11) is -7.19. The van der Waals surface area contributed by atoms with Gasteiger partial charge in [-0.1, -0.05) is 25.5 Å². The van der Waals surface area contributed by atoms with Crippen LogP contribution in [0, 0.1) is 0 Å². The molecule has 1 saturated carbocycles. The van der Waals surface area contributed by atoms with Crippen LogP contribution in [0.4, 0.5) is 25.1 Å². The van der Waals surface area contributed by atoms with E-state index in [-0.39, 0.29) is 48.5 Å². The van der Waals surface area contributed by atoms with Crippen molar-refractivity contribution >= 4 is 33.6 Å². The van der Waals surface area contributed by atoms with Gasteiger partial charge in [0.05, 0.1) is 18.7 Å². The highest BCUT2D eigenvalue weighted by Crippen LogP contribution is 3.02. The molecule has 40 heavy (non-hydrogen) atoms. The van der Waals surface area contributed by atoms with Gasteiger partial charge in [-0.3, -0.25) is 24.3 Å². The number of aromatic nitrogens is 1. The molecule has 4 rings (SSSR count). The smallest absolute Gasteiger partial charge is 0.310 e. The van der Waals surface area contributed by atoms with Crippen LogP contribution in [0.2, 0.25) is 0 Å². The standard InChI is InChI=1S/C25H30F5N5O4S/c1-34(15-22(36)33-17-5-6-17)25(38)23(16-4-3-11-31-13-16)35(24(37)21-12-19(39-2)14-32-21)18-7-9-20(10-8-18)40(26,27,28,29)30/h3-4,7-11,13,17,19,21,23,32H,5-6,12,14-15H2,1-2H3,(H,33,36)/t19-,21-,23?/m1/s1. The van der Waals surface area contributed by atoms with Crippen molar-refractivity contribution in [1.82, 2.24) is 20.5 Å². The van der Waals surface area contributed by atoms with E-state index in [4.69, 9.17) is 4.74 Å². The number of anilines is 1. The molecule has 2 aliphatic rings. The average Bonchev–Trinajstić information content (AvgIpc) is 3.56. The van der Waals surface area contributed by atoms with Gasteiger partial charge in [-0.15, -0.1) is 0 Å². The Kier molecular flexibility index (Phi) is 7.62. The summed E-state index contributed by atoms with van der Waals surface area (Å²) in [5, 5.41) is 5.74. The fraction of sp³-hybridized carbons (Fsp3) is 0.440. The molecule has 0 bridgehead atoms. The first-order valence-electron chi connectivity index (χ1n) is 12.4. The number of amides is 3. The first kappa shape index (κ1) is 29.7. The van der Waals surface area contributed by atoms with E-state index in [0.717, 1.165) is 34.8 Å². The molecule has 15 heteroatoms. The van der Waals surface area contributed by atoms with E-state index >= 15 is 0 Å². The number of nitrogens with one attached hydrogen (secondary N) is 2. The molecule has 0 radical (unpaired) electrons. The van der Waals surface area contributed by atoms with E-state index < -0.39 is 44.9 Å². The fourth-order valence-electron chi connectivity index (χ4n) is 4.45. The van der Waals surface area contributed by atoms with Crippen LogP contribution in [0.3, 0.4) is 0 Å². The molecule has 2 fully saturated rings. The molecule has 1 aliphatic carbocycles. The van der Waals surface area contributed by atoms with Gasteiger partial charge in [-0.2, -0.15) is 0 Å². The van der Waals surface area contributed by atoms with E-state index in [1.165, 1.54) is 38.7 Å². The van der Waals surface area contributed by atoms with Crippen LogP contribution >= 0.6 is 10.2 Å². The monoisotopic (exact) mass is 591 g/mol. The summed E-state index contributed by atoms with van der Waals surface area (Å²) in [6.45, 7) is -0.0403. The van der Waals surface area contributed by atoms with Crippen molar-refractivity contribution in [3.05, 3.63) is 54.4 Å². The quantitative estimate of drug-likeness (QED) is 0.406. The Morgan fingerprint density at radius 3 is 2.33 bits per heavy atom. The molecule has 9 nitrogen and oxygen atoms in total. The minimum absolute atomic E-state index is 0.0399. The Bertz CT molecular complexity index is 1260. The largest absolute Gasteiger partial charge is 0.380 e. The van der Waals surface area contributed by atoms with Gasteiger partial charge in [0.1, 0.15) is 10.9 Å². The zero-order chi connectivity index (χ0) is 29.4. The summed E-state index contributed by atoms with van der Waals surface area (Å²) in [6, 6.07) is 2.50. The molecule has 0 spiro atoms. The second kappa shape index (κ2) is 10.3. The second-order valence-corrected chi connectivity index (χ2v) is 12.4. The van der Waals surface area contributed by atoms with Crippen LogP contribution < -0.4 is 15.5 Å². The summed E-state index contributed by atoms with van der Waals surface area (Å²) in [5.41, 5.74) is -0.0234. The zero-order valence-electron chi connectivity index (χ0n) is 21.7. The molecule has 1 aromatic carbocycles. The Labute approximate surface area is 227 Å². The van der Waals surface area contributed by atoms with Crippen LogP contribution in [0.25, 0.3) is 0 Å². The highest BCUT2D eigenvalue weighted by atomic mass is 32.5. The van der Waals surface area contributed by atoms with Gasteiger partial charge in [0.25, 0.3) is 5.91 Å². The third-order valence-corrected chi connectivity index (χ3v) is 7.87.